The first kappa shape index (κ1) is 21.5. The molecule has 0 spiro atoms. The van der Waals surface area contributed by atoms with Gasteiger partial charge in [-0.05, 0) is 34.4 Å². The lowest BCUT2D eigenvalue weighted by molar-refractivity contribution is -0.136. The van der Waals surface area contributed by atoms with E-state index in [1.54, 1.807) is 24.3 Å². The number of para-hydroxylation sites is 2. The van der Waals surface area contributed by atoms with Crippen LogP contribution < -0.4 is 15.0 Å². The van der Waals surface area contributed by atoms with Gasteiger partial charge in [-0.3, -0.25) is 14.5 Å². The number of nitrogens with one attached hydrogen (secondary N) is 1. The van der Waals surface area contributed by atoms with Crippen LogP contribution in [0.5, 0.6) is 5.75 Å². The summed E-state index contributed by atoms with van der Waals surface area (Å²) in [5, 5.41) is 11.8. The maximum absolute atomic E-state index is 13.1. The van der Waals surface area contributed by atoms with Gasteiger partial charge in [-0.25, -0.2) is 4.79 Å². The van der Waals surface area contributed by atoms with Crippen molar-refractivity contribution < 1.29 is 29.0 Å². The van der Waals surface area contributed by atoms with E-state index in [9.17, 15) is 19.5 Å². The van der Waals surface area contributed by atoms with E-state index in [2.05, 4.69) is 5.32 Å². The van der Waals surface area contributed by atoms with Crippen LogP contribution in [0.1, 0.15) is 17.0 Å². The summed E-state index contributed by atoms with van der Waals surface area (Å²) in [6.45, 7) is -0.598. The molecule has 34 heavy (non-hydrogen) atoms. The summed E-state index contributed by atoms with van der Waals surface area (Å²) in [6.07, 6.45) is -0.773. The molecule has 3 aromatic rings. The number of rotatable bonds is 5. The number of carbonyl (C=O) groups excluding carboxylic acids is 2. The van der Waals surface area contributed by atoms with E-state index in [0.717, 1.165) is 27.2 Å². The molecule has 0 saturated heterocycles. The molecule has 5 rings (SSSR count). The molecule has 1 atom stereocenters. The summed E-state index contributed by atoms with van der Waals surface area (Å²) in [6, 6.07) is 21.5. The van der Waals surface area contributed by atoms with Gasteiger partial charge in [0.2, 0.25) is 0 Å². The van der Waals surface area contributed by atoms with Crippen molar-refractivity contribution >= 4 is 23.7 Å². The summed E-state index contributed by atoms with van der Waals surface area (Å²) in [5.74, 6) is -1.51. The molecule has 2 aliphatic rings. The number of carboxylic acids is 1. The van der Waals surface area contributed by atoms with Gasteiger partial charge in [0, 0.05) is 5.92 Å². The van der Waals surface area contributed by atoms with Gasteiger partial charge in [-0.2, -0.15) is 0 Å². The van der Waals surface area contributed by atoms with Gasteiger partial charge in [0.25, 0.3) is 5.91 Å². The molecule has 2 amide bonds. The number of amides is 2. The fourth-order valence-corrected chi connectivity index (χ4v) is 4.54. The smallest absolute Gasteiger partial charge is 0.407 e. The molecule has 0 fully saturated rings. The number of alkyl carbamates (subject to hydrolysis) is 1. The van der Waals surface area contributed by atoms with Crippen LogP contribution in [0.4, 0.5) is 10.5 Å². The molecule has 1 aliphatic carbocycles. The van der Waals surface area contributed by atoms with Crippen LogP contribution in [0.25, 0.3) is 11.1 Å². The largest absolute Gasteiger partial charge is 0.489 e. The van der Waals surface area contributed by atoms with Gasteiger partial charge in [0.15, 0.2) is 0 Å². The Morgan fingerprint density at radius 2 is 1.59 bits per heavy atom. The third kappa shape index (κ3) is 3.94. The number of carbonyl (C=O) groups is 3. The minimum atomic E-state index is -1.18. The Hall–Kier alpha value is -4.33. The number of carboxylic acid groups (broad SMARTS) is 1. The van der Waals surface area contributed by atoms with E-state index in [0.29, 0.717) is 11.4 Å². The number of fused-ring (bicyclic) bond motifs is 4. The van der Waals surface area contributed by atoms with Gasteiger partial charge in [0.1, 0.15) is 31.5 Å². The van der Waals surface area contributed by atoms with E-state index in [1.165, 1.54) is 0 Å². The van der Waals surface area contributed by atoms with Crippen LogP contribution in [-0.2, 0) is 14.3 Å². The third-order valence-corrected chi connectivity index (χ3v) is 6.05. The number of hydrogen-bond acceptors (Lipinski definition) is 5. The molecule has 2 N–H and O–H groups in total. The fourth-order valence-electron chi connectivity index (χ4n) is 4.54. The summed E-state index contributed by atoms with van der Waals surface area (Å²) in [5.41, 5.74) is 4.72. The Balaban J connectivity index is 1.30. The van der Waals surface area contributed by atoms with Crippen molar-refractivity contribution in [3.05, 3.63) is 83.9 Å². The minimum absolute atomic E-state index is 0.0979. The predicted molar refractivity (Wildman–Crippen MR) is 124 cm³/mol. The van der Waals surface area contributed by atoms with Crippen molar-refractivity contribution in [1.82, 2.24) is 5.32 Å². The molecule has 1 aliphatic heterocycles. The van der Waals surface area contributed by atoms with Crippen LogP contribution in [0.15, 0.2) is 72.8 Å². The van der Waals surface area contributed by atoms with E-state index < -0.39 is 30.6 Å². The first-order valence-electron chi connectivity index (χ1n) is 10.9. The van der Waals surface area contributed by atoms with Gasteiger partial charge in [0.05, 0.1) is 5.69 Å². The SMILES string of the molecule is O=C(O)CN1C(=O)[C@H](NC(=O)OCC2c3ccccc3-c3ccccc32)COc2ccccc21. The fraction of sp³-hybridized carbons (Fsp3) is 0.192. The average molecular weight is 458 g/mol. The highest BCUT2D eigenvalue weighted by Gasteiger charge is 2.35. The van der Waals surface area contributed by atoms with E-state index in [4.69, 9.17) is 9.47 Å². The normalized spacial score (nSPS) is 16.5. The van der Waals surface area contributed by atoms with Crippen molar-refractivity contribution in [3.63, 3.8) is 0 Å². The second-order valence-corrected chi connectivity index (χ2v) is 8.12. The lowest BCUT2D eigenvalue weighted by atomic mass is 9.98. The van der Waals surface area contributed by atoms with E-state index >= 15 is 0 Å². The number of nitrogens with zero attached hydrogens (tertiary/aromatic N) is 1. The standard InChI is InChI=1S/C26H22N2O6/c29-24(30)13-28-22-11-5-6-12-23(22)33-15-21(25(28)31)27-26(32)34-14-20-18-9-3-1-7-16(18)17-8-2-4-10-19(17)20/h1-12,20-21H,13-15H2,(H,27,32)(H,29,30)/t21-/m1/s1. The van der Waals surface area contributed by atoms with E-state index in [1.807, 2.05) is 48.5 Å². The molecular weight excluding hydrogens is 436 g/mol. The number of anilines is 1. The Morgan fingerprint density at radius 1 is 0.971 bits per heavy atom. The second kappa shape index (κ2) is 8.90. The van der Waals surface area contributed by atoms with Crippen LogP contribution >= 0.6 is 0 Å². The zero-order valence-electron chi connectivity index (χ0n) is 18.1. The Bertz CT molecular complexity index is 1230. The highest BCUT2D eigenvalue weighted by Crippen LogP contribution is 2.44. The number of benzene rings is 3. The van der Waals surface area contributed by atoms with Crippen LogP contribution in [0.3, 0.4) is 0 Å². The molecule has 172 valence electrons. The third-order valence-electron chi connectivity index (χ3n) is 6.05. The maximum atomic E-state index is 13.1. The molecular formula is C26H22N2O6. The minimum Gasteiger partial charge on any atom is -0.489 e. The molecule has 3 aromatic carbocycles. The molecule has 0 unspecified atom stereocenters. The highest BCUT2D eigenvalue weighted by atomic mass is 16.5. The second-order valence-electron chi connectivity index (χ2n) is 8.12. The molecule has 8 heteroatoms. The predicted octanol–water partition coefficient (Wildman–Crippen LogP) is 3.40. The maximum Gasteiger partial charge on any atom is 0.407 e. The van der Waals surface area contributed by atoms with Crippen LogP contribution in [0.2, 0.25) is 0 Å². The average Bonchev–Trinajstić information content (AvgIpc) is 3.10. The molecule has 0 radical (unpaired) electrons. The molecule has 0 bridgehead atoms. The van der Waals surface area contributed by atoms with Gasteiger partial charge >= 0.3 is 12.1 Å². The lowest BCUT2D eigenvalue weighted by Gasteiger charge is -2.23. The van der Waals surface area contributed by atoms with Crippen molar-refractivity contribution in [2.45, 2.75) is 12.0 Å². The monoisotopic (exact) mass is 458 g/mol. The summed E-state index contributed by atoms with van der Waals surface area (Å²) in [7, 11) is 0. The lowest BCUT2D eigenvalue weighted by Crippen LogP contribution is -2.51. The van der Waals surface area contributed by atoms with Crippen molar-refractivity contribution in [2.75, 3.05) is 24.7 Å². The first-order chi connectivity index (χ1) is 16.5. The summed E-state index contributed by atoms with van der Waals surface area (Å²) >= 11 is 0. The zero-order valence-corrected chi connectivity index (χ0v) is 18.1. The Labute approximate surface area is 195 Å². The molecule has 0 aromatic heterocycles. The number of hydrogen-bond donors (Lipinski definition) is 2. The van der Waals surface area contributed by atoms with E-state index in [-0.39, 0.29) is 19.1 Å². The van der Waals surface area contributed by atoms with Crippen molar-refractivity contribution in [3.8, 4) is 16.9 Å². The van der Waals surface area contributed by atoms with Gasteiger partial charge in [-0.15, -0.1) is 0 Å². The topological polar surface area (TPSA) is 105 Å². The Morgan fingerprint density at radius 3 is 2.26 bits per heavy atom. The molecule has 0 saturated carbocycles. The van der Waals surface area contributed by atoms with Crippen LogP contribution in [0, 0.1) is 0 Å². The quantitative estimate of drug-likeness (QED) is 0.607. The summed E-state index contributed by atoms with van der Waals surface area (Å²) < 4.78 is 11.2. The summed E-state index contributed by atoms with van der Waals surface area (Å²) in [4.78, 5) is 38.2. The molecule has 1 heterocycles. The number of ether oxygens (including phenoxy) is 2. The Kier molecular flexibility index (Phi) is 5.63. The van der Waals surface area contributed by atoms with Gasteiger partial charge in [-0.1, -0.05) is 60.7 Å². The number of aliphatic carboxylic acids is 1. The van der Waals surface area contributed by atoms with Crippen LogP contribution in [-0.4, -0.2) is 48.9 Å². The molecule has 8 nitrogen and oxygen atoms in total. The van der Waals surface area contributed by atoms with Crippen molar-refractivity contribution in [2.24, 2.45) is 0 Å². The first-order valence-corrected chi connectivity index (χ1v) is 10.9. The highest BCUT2D eigenvalue weighted by molar-refractivity contribution is 6.03. The van der Waals surface area contributed by atoms with Gasteiger partial charge < -0.3 is 19.9 Å². The van der Waals surface area contributed by atoms with Crippen molar-refractivity contribution in [1.29, 1.82) is 0 Å². The zero-order chi connectivity index (χ0) is 23.7.